The van der Waals surface area contributed by atoms with E-state index in [-0.39, 0.29) is 12.2 Å². The Morgan fingerprint density at radius 3 is 2.80 bits per heavy atom. The Labute approximate surface area is 141 Å². The van der Waals surface area contributed by atoms with Gasteiger partial charge in [-0.15, -0.1) is 0 Å². The first-order chi connectivity index (χ1) is 11.9. The predicted octanol–water partition coefficient (Wildman–Crippen LogP) is 3.31. The van der Waals surface area contributed by atoms with Crippen molar-refractivity contribution in [1.29, 1.82) is 0 Å². The van der Waals surface area contributed by atoms with Crippen LogP contribution in [0.15, 0.2) is 30.6 Å². The molecule has 3 aromatic rings. The SMILES string of the molecule is Cc1cnc2ccc(C3=CCc4nc(CCC(F)(F)F)ncc43)nn12. The monoisotopic (exact) mass is 345 g/mol. The van der Waals surface area contributed by atoms with E-state index in [1.54, 1.807) is 16.9 Å². The summed E-state index contributed by atoms with van der Waals surface area (Å²) in [7, 11) is 0. The summed E-state index contributed by atoms with van der Waals surface area (Å²) < 4.78 is 38.8. The highest BCUT2D eigenvalue weighted by Gasteiger charge is 2.27. The fourth-order valence-electron chi connectivity index (χ4n) is 2.90. The van der Waals surface area contributed by atoms with Crippen molar-refractivity contribution >= 4 is 11.2 Å². The Morgan fingerprint density at radius 2 is 2.00 bits per heavy atom. The Hall–Kier alpha value is -2.77. The van der Waals surface area contributed by atoms with Crippen molar-refractivity contribution in [2.45, 2.75) is 32.4 Å². The third kappa shape index (κ3) is 2.99. The Bertz CT molecular complexity index is 988. The van der Waals surface area contributed by atoms with E-state index in [1.165, 1.54) is 0 Å². The second-order valence-electron chi connectivity index (χ2n) is 5.97. The van der Waals surface area contributed by atoms with Gasteiger partial charge in [0.25, 0.3) is 0 Å². The predicted molar refractivity (Wildman–Crippen MR) is 84.9 cm³/mol. The van der Waals surface area contributed by atoms with Crippen LogP contribution in [0.2, 0.25) is 0 Å². The molecule has 0 unspecified atom stereocenters. The molecule has 0 radical (unpaired) electrons. The van der Waals surface area contributed by atoms with Crippen LogP contribution in [0.1, 0.15) is 34.9 Å². The molecule has 0 atom stereocenters. The molecule has 0 saturated heterocycles. The van der Waals surface area contributed by atoms with Crippen molar-refractivity contribution in [2.75, 3.05) is 0 Å². The summed E-state index contributed by atoms with van der Waals surface area (Å²) in [5.74, 6) is 0.222. The fraction of sp³-hybridized carbons (Fsp3) is 0.294. The molecule has 5 nitrogen and oxygen atoms in total. The van der Waals surface area contributed by atoms with E-state index in [1.807, 2.05) is 25.1 Å². The van der Waals surface area contributed by atoms with Crippen molar-refractivity contribution in [3.8, 4) is 0 Å². The van der Waals surface area contributed by atoms with Crippen molar-refractivity contribution < 1.29 is 13.2 Å². The van der Waals surface area contributed by atoms with Crippen LogP contribution in [0.3, 0.4) is 0 Å². The lowest BCUT2D eigenvalue weighted by atomic mass is 10.1. The third-order valence-corrected chi connectivity index (χ3v) is 4.15. The zero-order valence-electron chi connectivity index (χ0n) is 13.4. The van der Waals surface area contributed by atoms with Gasteiger partial charge in [-0.2, -0.15) is 18.3 Å². The van der Waals surface area contributed by atoms with Crippen LogP contribution in [-0.4, -0.2) is 30.7 Å². The van der Waals surface area contributed by atoms with E-state index >= 15 is 0 Å². The highest BCUT2D eigenvalue weighted by molar-refractivity contribution is 5.82. The number of fused-ring (bicyclic) bond motifs is 2. The summed E-state index contributed by atoms with van der Waals surface area (Å²) in [6.45, 7) is 1.92. The van der Waals surface area contributed by atoms with Gasteiger partial charge in [-0.1, -0.05) is 6.08 Å². The Kier molecular flexibility index (Phi) is 3.55. The topological polar surface area (TPSA) is 56.0 Å². The molecule has 0 N–H and O–H groups in total. The first-order valence-corrected chi connectivity index (χ1v) is 7.84. The van der Waals surface area contributed by atoms with E-state index in [9.17, 15) is 13.2 Å². The van der Waals surface area contributed by atoms with Crippen LogP contribution in [0.5, 0.6) is 0 Å². The number of aryl methyl sites for hydroxylation is 2. The minimum Gasteiger partial charge on any atom is -0.241 e. The van der Waals surface area contributed by atoms with Crippen LogP contribution < -0.4 is 0 Å². The minimum absolute atomic E-state index is 0.204. The van der Waals surface area contributed by atoms with Gasteiger partial charge in [0, 0.05) is 30.2 Å². The normalized spacial score (nSPS) is 14.0. The molecular weight excluding hydrogens is 331 g/mol. The molecular formula is C17H14F3N5. The summed E-state index contributed by atoms with van der Waals surface area (Å²) in [4.78, 5) is 12.6. The van der Waals surface area contributed by atoms with E-state index in [4.69, 9.17) is 0 Å². The van der Waals surface area contributed by atoms with E-state index in [0.29, 0.717) is 6.42 Å². The van der Waals surface area contributed by atoms with Crippen molar-refractivity contribution in [2.24, 2.45) is 0 Å². The van der Waals surface area contributed by atoms with Crippen molar-refractivity contribution in [3.05, 3.63) is 59.1 Å². The smallest absolute Gasteiger partial charge is 0.241 e. The highest BCUT2D eigenvalue weighted by atomic mass is 19.4. The summed E-state index contributed by atoms with van der Waals surface area (Å²) in [5, 5.41) is 4.59. The van der Waals surface area contributed by atoms with Gasteiger partial charge in [0.2, 0.25) is 0 Å². The molecule has 3 aromatic heterocycles. The number of aromatic nitrogens is 5. The van der Waals surface area contributed by atoms with Crippen molar-refractivity contribution in [3.63, 3.8) is 0 Å². The van der Waals surface area contributed by atoms with Crippen LogP contribution in [0.25, 0.3) is 11.2 Å². The molecule has 4 rings (SSSR count). The number of hydrogen-bond acceptors (Lipinski definition) is 4. The number of nitrogens with zero attached hydrogens (tertiary/aromatic N) is 5. The molecule has 128 valence electrons. The molecule has 25 heavy (non-hydrogen) atoms. The summed E-state index contributed by atoms with van der Waals surface area (Å²) in [6.07, 6.45) is 0.573. The van der Waals surface area contributed by atoms with Crippen LogP contribution in [0, 0.1) is 6.92 Å². The number of alkyl halides is 3. The van der Waals surface area contributed by atoms with Gasteiger partial charge in [0.1, 0.15) is 5.82 Å². The van der Waals surface area contributed by atoms with Crippen LogP contribution >= 0.6 is 0 Å². The van der Waals surface area contributed by atoms with Crippen LogP contribution in [0.4, 0.5) is 13.2 Å². The quantitative estimate of drug-likeness (QED) is 0.731. The summed E-state index contributed by atoms with van der Waals surface area (Å²) in [6, 6.07) is 3.76. The average molecular weight is 345 g/mol. The molecule has 0 spiro atoms. The second kappa shape index (κ2) is 5.65. The molecule has 8 heteroatoms. The molecule has 3 heterocycles. The van der Waals surface area contributed by atoms with Gasteiger partial charge in [-0.3, -0.25) is 0 Å². The summed E-state index contributed by atoms with van der Waals surface area (Å²) in [5.41, 5.74) is 4.91. The Balaban J connectivity index is 1.63. The lowest BCUT2D eigenvalue weighted by Gasteiger charge is -2.08. The van der Waals surface area contributed by atoms with Crippen molar-refractivity contribution in [1.82, 2.24) is 24.6 Å². The molecule has 1 aliphatic rings. The standard InChI is InChI=1S/C17H14F3N5/c1-10-8-22-16-5-4-14(24-25(10)16)11-2-3-13-12(11)9-21-15(23-13)6-7-17(18,19)20/h2,4-5,8-9H,3,6-7H2,1H3. The van der Waals surface area contributed by atoms with Gasteiger partial charge in [0.15, 0.2) is 5.65 Å². The number of imidazole rings is 1. The molecule has 0 aliphatic heterocycles. The largest absolute Gasteiger partial charge is 0.389 e. The highest BCUT2D eigenvalue weighted by Crippen LogP contribution is 2.31. The minimum atomic E-state index is -4.20. The molecule has 1 aliphatic carbocycles. The van der Waals surface area contributed by atoms with Gasteiger partial charge in [-0.05, 0) is 19.1 Å². The molecule has 0 amide bonds. The zero-order chi connectivity index (χ0) is 17.6. The maximum Gasteiger partial charge on any atom is 0.389 e. The van der Waals surface area contributed by atoms with Crippen LogP contribution in [-0.2, 0) is 12.8 Å². The third-order valence-electron chi connectivity index (χ3n) is 4.15. The van der Waals surface area contributed by atoms with E-state index in [2.05, 4.69) is 20.1 Å². The van der Waals surface area contributed by atoms with E-state index < -0.39 is 12.6 Å². The van der Waals surface area contributed by atoms with Gasteiger partial charge >= 0.3 is 6.18 Å². The number of rotatable bonds is 3. The number of hydrogen-bond donors (Lipinski definition) is 0. The van der Waals surface area contributed by atoms with Gasteiger partial charge in [0.05, 0.1) is 29.7 Å². The lowest BCUT2D eigenvalue weighted by molar-refractivity contribution is -0.134. The van der Waals surface area contributed by atoms with Gasteiger partial charge < -0.3 is 0 Å². The average Bonchev–Trinajstić information content (AvgIpc) is 3.15. The lowest BCUT2D eigenvalue weighted by Crippen LogP contribution is -2.11. The zero-order valence-corrected chi connectivity index (χ0v) is 13.4. The summed E-state index contributed by atoms with van der Waals surface area (Å²) >= 11 is 0. The molecule has 0 saturated carbocycles. The Morgan fingerprint density at radius 1 is 1.16 bits per heavy atom. The maximum atomic E-state index is 12.4. The molecule has 0 bridgehead atoms. The second-order valence-corrected chi connectivity index (χ2v) is 5.97. The van der Waals surface area contributed by atoms with E-state index in [0.717, 1.165) is 33.9 Å². The fourth-order valence-corrected chi connectivity index (χ4v) is 2.90. The molecule has 0 fully saturated rings. The first-order valence-electron chi connectivity index (χ1n) is 7.84. The number of allylic oxidation sites excluding steroid dienone is 1. The first kappa shape index (κ1) is 15.7. The maximum absolute atomic E-state index is 12.4. The molecule has 0 aromatic carbocycles. The number of halogens is 3. The van der Waals surface area contributed by atoms with Gasteiger partial charge in [-0.25, -0.2) is 19.5 Å².